The Hall–Kier alpha value is -3.98. The summed E-state index contributed by atoms with van der Waals surface area (Å²) in [6, 6.07) is 23.4. The second-order valence-corrected chi connectivity index (χ2v) is 9.02. The van der Waals surface area contributed by atoms with Crippen molar-refractivity contribution in [2.45, 2.75) is 25.7 Å². The fraction of sp³-hybridized carbons (Fsp3) is 0.310. The smallest absolute Gasteiger partial charge is 0.260 e. The first kappa shape index (κ1) is 22.8. The monoisotopic (exact) mass is 468 g/mol. The van der Waals surface area contributed by atoms with Crippen molar-refractivity contribution < 1.29 is 19.0 Å². The van der Waals surface area contributed by atoms with E-state index in [2.05, 4.69) is 18.2 Å². The van der Waals surface area contributed by atoms with E-state index >= 15 is 0 Å². The summed E-state index contributed by atoms with van der Waals surface area (Å²) in [5.74, 6) is 2.96. The van der Waals surface area contributed by atoms with Gasteiger partial charge in [0.05, 0.1) is 11.6 Å². The molecule has 0 aliphatic carbocycles. The molecule has 2 aliphatic heterocycles. The third-order valence-electron chi connectivity index (χ3n) is 6.81. The number of amides is 1. The van der Waals surface area contributed by atoms with Crippen molar-refractivity contribution in [3.05, 3.63) is 77.9 Å². The molecule has 0 spiro atoms. The predicted octanol–water partition coefficient (Wildman–Crippen LogP) is 5.20. The lowest BCUT2D eigenvalue weighted by molar-refractivity contribution is -0.134. The van der Waals surface area contributed by atoms with Crippen LogP contribution in [-0.2, 0) is 11.2 Å². The molecule has 0 atom stereocenters. The van der Waals surface area contributed by atoms with Crippen molar-refractivity contribution in [1.29, 1.82) is 5.26 Å². The van der Waals surface area contributed by atoms with E-state index in [1.807, 2.05) is 47.4 Å². The number of likely N-dealkylation sites (tertiary alicyclic amines) is 1. The van der Waals surface area contributed by atoms with E-state index in [0.717, 1.165) is 61.4 Å². The van der Waals surface area contributed by atoms with Crippen molar-refractivity contribution in [1.82, 2.24) is 4.90 Å². The van der Waals surface area contributed by atoms with Gasteiger partial charge in [0.2, 0.25) is 6.79 Å². The van der Waals surface area contributed by atoms with E-state index in [1.54, 1.807) is 12.1 Å². The van der Waals surface area contributed by atoms with Gasteiger partial charge in [-0.3, -0.25) is 4.79 Å². The minimum absolute atomic E-state index is 0.0221. The van der Waals surface area contributed by atoms with Gasteiger partial charge in [0.15, 0.2) is 18.1 Å². The van der Waals surface area contributed by atoms with E-state index in [9.17, 15) is 4.79 Å². The van der Waals surface area contributed by atoms with Gasteiger partial charge in [0.25, 0.3) is 5.91 Å². The van der Waals surface area contributed by atoms with Gasteiger partial charge in [-0.25, -0.2) is 0 Å². The van der Waals surface area contributed by atoms with E-state index < -0.39 is 0 Å². The molecule has 6 nitrogen and oxygen atoms in total. The van der Waals surface area contributed by atoms with Gasteiger partial charge < -0.3 is 19.1 Å². The first-order valence-electron chi connectivity index (χ1n) is 12.1. The highest BCUT2D eigenvalue weighted by Crippen LogP contribution is 2.34. The number of fused-ring (bicyclic) bond motifs is 1. The van der Waals surface area contributed by atoms with Gasteiger partial charge in [0.1, 0.15) is 5.75 Å². The molecular formula is C29H28N2O4. The molecule has 35 heavy (non-hydrogen) atoms. The Morgan fingerprint density at radius 3 is 2.57 bits per heavy atom. The number of piperidine rings is 1. The lowest BCUT2D eigenvalue weighted by atomic mass is 9.90. The fourth-order valence-corrected chi connectivity index (χ4v) is 4.72. The van der Waals surface area contributed by atoms with Crippen molar-refractivity contribution in [2.24, 2.45) is 5.92 Å². The summed E-state index contributed by atoms with van der Waals surface area (Å²) in [5, 5.41) is 9.03. The zero-order valence-corrected chi connectivity index (χ0v) is 19.6. The number of hydrogen-bond acceptors (Lipinski definition) is 5. The van der Waals surface area contributed by atoms with Crippen LogP contribution in [0.4, 0.5) is 0 Å². The largest absolute Gasteiger partial charge is 0.483 e. The number of aryl methyl sites for hydroxylation is 1. The quantitative estimate of drug-likeness (QED) is 0.476. The standard InChI is InChI=1S/C29H28N2O4/c30-18-23-7-10-24(11-8-23)25-3-1-2-4-26(25)33-19-29(32)31-15-13-21(14-16-31)5-6-22-9-12-27-28(17-22)35-20-34-27/h1-4,7-12,17,21H,5-6,13-16,19-20H2. The summed E-state index contributed by atoms with van der Waals surface area (Å²) < 4.78 is 16.8. The van der Waals surface area contributed by atoms with Crippen LogP contribution in [-0.4, -0.2) is 37.3 Å². The molecule has 3 aromatic rings. The van der Waals surface area contributed by atoms with Gasteiger partial charge in [0, 0.05) is 18.7 Å². The molecule has 0 saturated carbocycles. The van der Waals surface area contributed by atoms with Crippen LogP contribution >= 0.6 is 0 Å². The second-order valence-electron chi connectivity index (χ2n) is 9.02. The van der Waals surface area contributed by atoms with E-state index in [1.165, 1.54) is 5.56 Å². The number of nitrogens with zero attached hydrogens (tertiary/aromatic N) is 2. The summed E-state index contributed by atoms with van der Waals surface area (Å²) in [7, 11) is 0. The Kier molecular flexibility index (Phi) is 6.85. The highest BCUT2D eigenvalue weighted by Gasteiger charge is 2.23. The van der Waals surface area contributed by atoms with Crippen molar-refractivity contribution in [3.63, 3.8) is 0 Å². The summed E-state index contributed by atoms with van der Waals surface area (Å²) in [5.41, 5.74) is 3.74. The minimum Gasteiger partial charge on any atom is -0.483 e. The van der Waals surface area contributed by atoms with E-state index in [0.29, 0.717) is 24.0 Å². The van der Waals surface area contributed by atoms with Gasteiger partial charge in [-0.15, -0.1) is 0 Å². The van der Waals surface area contributed by atoms with Crippen molar-refractivity contribution in [3.8, 4) is 34.4 Å². The normalized spacial score (nSPS) is 15.0. The minimum atomic E-state index is 0.0221. The van der Waals surface area contributed by atoms with Crippen LogP contribution in [0.3, 0.4) is 0 Å². The Morgan fingerprint density at radius 2 is 1.77 bits per heavy atom. The van der Waals surface area contributed by atoms with Gasteiger partial charge >= 0.3 is 0 Å². The summed E-state index contributed by atoms with van der Waals surface area (Å²) in [6.07, 6.45) is 4.14. The number of nitriles is 1. The molecule has 178 valence electrons. The first-order chi connectivity index (χ1) is 17.2. The van der Waals surface area contributed by atoms with Crippen LogP contribution < -0.4 is 14.2 Å². The highest BCUT2D eigenvalue weighted by molar-refractivity contribution is 5.78. The molecule has 1 amide bonds. The molecular weight excluding hydrogens is 440 g/mol. The molecule has 0 aromatic heterocycles. The van der Waals surface area contributed by atoms with Crippen LogP contribution in [0.5, 0.6) is 17.2 Å². The summed E-state index contributed by atoms with van der Waals surface area (Å²) in [4.78, 5) is 14.8. The third kappa shape index (κ3) is 5.41. The van der Waals surface area contributed by atoms with Gasteiger partial charge in [-0.05, 0) is 73.1 Å². The van der Waals surface area contributed by atoms with Crippen LogP contribution in [0.25, 0.3) is 11.1 Å². The first-order valence-corrected chi connectivity index (χ1v) is 12.1. The number of carbonyl (C=O) groups excluding carboxylic acids is 1. The average Bonchev–Trinajstić information content (AvgIpc) is 3.39. The molecule has 0 radical (unpaired) electrons. The molecule has 1 saturated heterocycles. The molecule has 1 fully saturated rings. The topological polar surface area (TPSA) is 71.8 Å². The number of ether oxygens (including phenoxy) is 3. The van der Waals surface area contributed by atoms with E-state index in [4.69, 9.17) is 19.5 Å². The summed E-state index contributed by atoms with van der Waals surface area (Å²) >= 11 is 0. The third-order valence-corrected chi connectivity index (χ3v) is 6.81. The van der Waals surface area contributed by atoms with Gasteiger partial charge in [-0.1, -0.05) is 36.4 Å². The highest BCUT2D eigenvalue weighted by atomic mass is 16.7. The Balaban J connectivity index is 1.10. The molecule has 5 rings (SSSR count). The van der Waals surface area contributed by atoms with Crippen LogP contribution in [0.1, 0.15) is 30.4 Å². The molecule has 0 bridgehead atoms. The van der Waals surface area contributed by atoms with Crippen LogP contribution in [0.2, 0.25) is 0 Å². The lowest BCUT2D eigenvalue weighted by Crippen LogP contribution is -2.41. The number of hydrogen-bond donors (Lipinski definition) is 0. The second kappa shape index (κ2) is 10.5. The van der Waals surface area contributed by atoms with Gasteiger partial charge in [-0.2, -0.15) is 5.26 Å². The van der Waals surface area contributed by atoms with Crippen molar-refractivity contribution >= 4 is 5.91 Å². The Morgan fingerprint density at radius 1 is 1.00 bits per heavy atom. The zero-order chi connectivity index (χ0) is 24.0. The lowest BCUT2D eigenvalue weighted by Gasteiger charge is -2.32. The number of para-hydroxylation sites is 1. The molecule has 2 aliphatic rings. The summed E-state index contributed by atoms with van der Waals surface area (Å²) in [6.45, 7) is 1.86. The SMILES string of the molecule is N#Cc1ccc(-c2ccccc2OCC(=O)N2CCC(CCc3ccc4c(c3)OCO4)CC2)cc1. The molecule has 0 N–H and O–H groups in total. The van der Waals surface area contributed by atoms with E-state index in [-0.39, 0.29) is 12.5 Å². The molecule has 2 heterocycles. The maximum absolute atomic E-state index is 12.8. The number of carbonyl (C=O) groups is 1. The zero-order valence-electron chi connectivity index (χ0n) is 19.6. The molecule has 6 heteroatoms. The Bertz CT molecular complexity index is 1220. The van der Waals surface area contributed by atoms with Crippen molar-refractivity contribution in [2.75, 3.05) is 26.5 Å². The molecule has 3 aromatic carbocycles. The Labute approximate surface area is 205 Å². The average molecular weight is 469 g/mol. The number of rotatable bonds is 7. The van der Waals surface area contributed by atoms with Crippen LogP contribution in [0, 0.1) is 17.2 Å². The maximum Gasteiger partial charge on any atom is 0.260 e. The predicted molar refractivity (Wildman–Crippen MR) is 132 cm³/mol. The number of benzene rings is 3. The fourth-order valence-electron chi connectivity index (χ4n) is 4.72. The van der Waals surface area contributed by atoms with Crippen LogP contribution in [0.15, 0.2) is 66.7 Å². The maximum atomic E-state index is 12.8. The molecule has 0 unspecified atom stereocenters.